The maximum Gasteiger partial charge on any atom is 0.171 e. The normalized spacial score (nSPS) is 12.3. The van der Waals surface area contributed by atoms with E-state index < -0.39 is 19.9 Å². The molecule has 4 rings (SSSR count). The topological polar surface area (TPSA) is 27.1 Å². The minimum Gasteiger partial charge on any atom is -0.486 e. The molecule has 0 aliphatic rings. The van der Waals surface area contributed by atoms with Crippen LogP contribution in [0.25, 0.3) is 11.0 Å². The summed E-state index contributed by atoms with van der Waals surface area (Å²) >= 11 is 5.91. The monoisotopic (exact) mass is 540 g/mol. The highest BCUT2D eigenvalue weighted by atomic mass is 35.5. The van der Waals surface area contributed by atoms with Gasteiger partial charge in [-0.2, -0.15) is 0 Å². The van der Waals surface area contributed by atoms with Crippen LogP contribution in [0.2, 0.25) is 21.6 Å². The first-order chi connectivity index (χ1) is 17.5. The van der Waals surface area contributed by atoms with Gasteiger partial charge in [0.15, 0.2) is 19.8 Å². The van der Waals surface area contributed by atoms with E-state index in [0.717, 1.165) is 28.2 Å². The Morgan fingerprint density at radius 3 is 2.16 bits per heavy atom. The van der Waals surface area contributed by atoms with Crippen LogP contribution in [0.3, 0.4) is 0 Å². The number of fused-ring (bicyclic) bond motifs is 1. The fraction of sp³-hybridized carbons (Fsp3) is 0.367. The van der Waals surface area contributed by atoms with Crippen LogP contribution in [0.15, 0.2) is 60.9 Å². The first-order valence-electron chi connectivity index (χ1n) is 12.9. The van der Waals surface area contributed by atoms with Crippen LogP contribution in [0.1, 0.15) is 58.2 Å². The molecule has 0 unspecified atom stereocenters. The molecule has 0 spiro atoms. The zero-order valence-electron chi connectivity index (χ0n) is 22.4. The molecule has 0 atom stereocenters. The Morgan fingerprint density at radius 1 is 0.892 bits per heavy atom. The van der Waals surface area contributed by atoms with Gasteiger partial charge in [-0.1, -0.05) is 65.3 Å². The standard InChI is InChI=1S/C30H35ClF2N2OSi/c1-19(2)37(20(3)4,21(5)6)35-17-24(26-8-7-13-34-30(26)35)14-23-15-28(33)29(16-27(23)32)36-18-22-9-11-25(31)12-10-22/h7-13,15-17,19-21H,14,18H2,1-6H3. The van der Waals surface area contributed by atoms with E-state index in [4.69, 9.17) is 21.3 Å². The average Bonchev–Trinajstić information content (AvgIpc) is 3.19. The number of hydrogen-bond donors (Lipinski definition) is 0. The Hall–Kier alpha value is -2.70. The Kier molecular flexibility index (Phi) is 8.10. The van der Waals surface area contributed by atoms with E-state index in [9.17, 15) is 0 Å². The summed E-state index contributed by atoms with van der Waals surface area (Å²) in [6.45, 7) is 13.9. The van der Waals surface area contributed by atoms with Crippen LogP contribution < -0.4 is 4.74 Å². The second kappa shape index (κ2) is 11.0. The molecule has 0 radical (unpaired) electrons. The van der Waals surface area contributed by atoms with Gasteiger partial charge in [-0.3, -0.25) is 0 Å². The number of rotatable bonds is 9. The van der Waals surface area contributed by atoms with Gasteiger partial charge < -0.3 is 8.97 Å². The summed E-state index contributed by atoms with van der Waals surface area (Å²) in [5.74, 6) is -1.17. The molecule has 0 aliphatic carbocycles. The van der Waals surface area contributed by atoms with Crippen molar-refractivity contribution in [2.75, 3.05) is 0 Å². The van der Waals surface area contributed by atoms with E-state index in [-0.39, 0.29) is 18.8 Å². The smallest absolute Gasteiger partial charge is 0.171 e. The molecule has 0 saturated heterocycles. The van der Waals surface area contributed by atoms with Gasteiger partial charge in [0.1, 0.15) is 18.1 Å². The van der Waals surface area contributed by atoms with Gasteiger partial charge in [0.2, 0.25) is 0 Å². The van der Waals surface area contributed by atoms with Crippen molar-refractivity contribution in [2.45, 2.75) is 71.2 Å². The summed E-state index contributed by atoms with van der Waals surface area (Å²) in [7, 11) is -2.09. The quantitative estimate of drug-likeness (QED) is 0.198. The Morgan fingerprint density at radius 2 is 1.54 bits per heavy atom. The molecular formula is C30H35ClF2N2OSi. The second-order valence-electron chi connectivity index (χ2n) is 10.7. The Labute approximate surface area is 224 Å². The molecule has 0 saturated carbocycles. The summed E-state index contributed by atoms with van der Waals surface area (Å²) in [4.78, 5) is 4.77. The highest BCUT2D eigenvalue weighted by molar-refractivity contribution is 6.82. The number of benzene rings is 2. The summed E-state index contributed by atoms with van der Waals surface area (Å²) < 4.78 is 38.3. The van der Waals surface area contributed by atoms with Crippen molar-refractivity contribution in [2.24, 2.45) is 0 Å². The lowest BCUT2D eigenvalue weighted by Crippen LogP contribution is -2.51. The van der Waals surface area contributed by atoms with Crippen LogP contribution in [0, 0.1) is 11.6 Å². The molecule has 2 aromatic heterocycles. The van der Waals surface area contributed by atoms with Gasteiger partial charge in [0, 0.05) is 35.3 Å². The fourth-order valence-electron chi connectivity index (χ4n) is 6.16. The van der Waals surface area contributed by atoms with Crippen molar-refractivity contribution < 1.29 is 13.5 Å². The molecule has 0 fully saturated rings. The molecule has 2 aromatic carbocycles. The molecule has 0 amide bonds. The van der Waals surface area contributed by atoms with E-state index in [1.54, 1.807) is 24.3 Å². The molecule has 196 valence electrons. The minimum absolute atomic E-state index is 0.105. The van der Waals surface area contributed by atoms with Crippen LogP contribution in [-0.2, 0) is 13.0 Å². The maximum atomic E-state index is 15.2. The Balaban J connectivity index is 1.69. The third-order valence-electron chi connectivity index (χ3n) is 7.63. The summed E-state index contributed by atoms with van der Waals surface area (Å²) in [6, 6.07) is 13.4. The first kappa shape index (κ1) is 27.3. The molecule has 7 heteroatoms. The van der Waals surface area contributed by atoms with Crippen molar-refractivity contribution in [3.05, 3.63) is 94.3 Å². The van der Waals surface area contributed by atoms with Gasteiger partial charge in [0.25, 0.3) is 0 Å². The molecular weight excluding hydrogens is 506 g/mol. The summed E-state index contributed by atoms with van der Waals surface area (Å²) in [5.41, 5.74) is 4.43. The number of aromatic nitrogens is 2. The van der Waals surface area contributed by atoms with Crippen molar-refractivity contribution >= 4 is 30.9 Å². The predicted molar refractivity (Wildman–Crippen MR) is 151 cm³/mol. The molecule has 0 N–H and O–H groups in total. The van der Waals surface area contributed by atoms with E-state index in [2.05, 4.69) is 52.0 Å². The molecule has 0 bridgehead atoms. The van der Waals surface area contributed by atoms with Gasteiger partial charge in [-0.05, 0) is 63.6 Å². The third-order valence-corrected chi connectivity index (χ3v) is 14.6. The van der Waals surface area contributed by atoms with E-state index in [0.29, 0.717) is 27.2 Å². The number of pyridine rings is 1. The molecule has 4 aromatic rings. The molecule has 3 nitrogen and oxygen atoms in total. The summed E-state index contributed by atoms with van der Waals surface area (Å²) in [6.07, 6.45) is 4.25. The lowest BCUT2D eigenvalue weighted by atomic mass is 10.0. The molecule has 2 heterocycles. The van der Waals surface area contributed by atoms with Crippen LogP contribution in [-0.4, -0.2) is 17.5 Å². The SMILES string of the molecule is CC(C)[Si](C(C)C)(C(C)C)n1cc(Cc2cc(F)c(OCc3ccc(Cl)cc3)cc2F)c2cccnc21. The second-order valence-corrected chi connectivity index (χ2v) is 16.9. The number of ether oxygens (including phenoxy) is 1. The van der Waals surface area contributed by atoms with Crippen molar-refractivity contribution in [3.8, 4) is 5.75 Å². The zero-order chi connectivity index (χ0) is 26.9. The Bertz CT molecular complexity index is 1360. The van der Waals surface area contributed by atoms with E-state index in [1.807, 2.05) is 18.3 Å². The largest absolute Gasteiger partial charge is 0.486 e. The number of hydrogen-bond acceptors (Lipinski definition) is 2. The zero-order valence-corrected chi connectivity index (χ0v) is 24.1. The van der Waals surface area contributed by atoms with Crippen molar-refractivity contribution in [3.63, 3.8) is 0 Å². The minimum atomic E-state index is -2.09. The number of nitrogens with zero attached hydrogens (tertiary/aromatic N) is 2. The lowest BCUT2D eigenvalue weighted by molar-refractivity contribution is 0.288. The highest BCUT2D eigenvalue weighted by Gasteiger charge is 2.46. The van der Waals surface area contributed by atoms with Crippen LogP contribution in [0.4, 0.5) is 8.78 Å². The average molecular weight is 541 g/mol. The van der Waals surface area contributed by atoms with Crippen molar-refractivity contribution in [1.82, 2.24) is 9.22 Å². The highest BCUT2D eigenvalue weighted by Crippen LogP contribution is 2.44. The van der Waals surface area contributed by atoms with E-state index in [1.165, 1.54) is 6.07 Å². The van der Waals surface area contributed by atoms with Crippen LogP contribution in [0.5, 0.6) is 5.75 Å². The third kappa shape index (κ3) is 5.19. The van der Waals surface area contributed by atoms with Gasteiger partial charge >= 0.3 is 0 Å². The van der Waals surface area contributed by atoms with Crippen LogP contribution >= 0.6 is 11.6 Å². The fourth-order valence-corrected chi connectivity index (χ4v) is 12.9. The van der Waals surface area contributed by atoms with Crippen molar-refractivity contribution in [1.29, 1.82) is 0 Å². The molecule has 37 heavy (non-hydrogen) atoms. The van der Waals surface area contributed by atoms with Gasteiger partial charge in [-0.15, -0.1) is 0 Å². The maximum absolute atomic E-state index is 15.2. The van der Waals surface area contributed by atoms with Gasteiger partial charge in [-0.25, -0.2) is 13.8 Å². The number of halogens is 3. The van der Waals surface area contributed by atoms with Gasteiger partial charge in [0.05, 0.1) is 0 Å². The first-order valence-corrected chi connectivity index (χ1v) is 15.4. The van der Waals surface area contributed by atoms with E-state index >= 15 is 8.78 Å². The molecule has 0 aliphatic heterocycles. The predicted octanol–water partition coefficient (Wildman–Crippen LogP) is 9.16. The lowest BCUT2D eigenvalue weighted by Gasteiger charge is -2.44. The summed E-state index contributed by atoms with van der Waals surface area (Å²) in [5, 5.41) is 1.60.